The number of amides is 2. The molecule has 0 aliphatic rings. The molecule has 0 atom stereocenters. The van der Waals surface area contributed by atoms with Crippen molar-refractivity contribution in [2.45, 2.75) is 19.8 Å². The first-order valence-electron chi connectivity index (χ1n) is 12.3. The number of benzene rings is 3. The summed E-state index contributed by atoms with van der Waals surface area (Å²) in [7, 11) is 3.02. The van der Waals surface area contributed by atoms with Crippen LogP contribution in [0.1, 0.15) is 46.0 Å². The highest BCUT2D eigenvalue weighted by Crippen LogP contribution is 2.29. The summed E-state index contributed by atoms with van der Waals surface area (Å²) >= 11 is 0. The van der Waals surface area contributed by atoms with E-state index in [1.165, 1.54) is 20.4 Å². The van der Waals surface area contributed by atoms with Gasteiger partial charge in [0.1, 0.15) is 0 Å². The lowest BCUT2D eigenvalue weighted by Gasteiger charge is -2.11. The molecule has 0 aromatic heterocycles. The zero-order valence-electron chi connectivity index (χ0n) is 22.1. The van der Waals surface area contributed by atoms with Crippen molar-refractivity contribution in [2.75, 3.05) is 27.4 Å². The van der Waals surface area contributed by atoms with Crippen LogP contribution in [0.2, 0.25) is 0 Å². The van der Waals surface area contributed by atoms with Crippen LogP contribution < -0.4 is 29.7 Å². The molecular formula is C29H31N3O7. The number of methoxy groups -OCH3 is 2. The van der Waals surface area contributed by atoms with Crippen molar-refractivity contribution in [1.82, 2.24) is 10.7 Å². The Labute approximate surface area is 226 Å². The van der Waals surface area contributed by atoms with E-state index in [-0.39, 0.29) is 24.0 Å². The molecule has 0 aliphatic carbocycles. The van der Waals surface area contributed by atoms with Gasteiger partial charge >= 0.3 is 5.97 Å². The van der Waals surface area contributed by atoms with Crippen LogP contribution in [-0.2, 0) is 4.79 Å². The number of hydrogen-bond donors (Lipinski definition) is 2. The number of rotatable bonds is 13. The average molecular weight is 534 g/mol. The summed E-state index contributed by atoms with van der Waals surface area (Å²) in [4.78, 5) is 36.9. The van der Waals surface area contributed by atoms with Crippen molar-refractivity contribution < 1.29 is 33.3 Å². The van der Waals surface area contributed by atoms with Crippen LogP contribution in [0.15, 0.2) is 71.8 Å². The molecular weight excluding hydrogens is 502 g/mol. The molecule has 0 spiro atoms. The molecule has 0 aliphatic heterocycles. The van der Waals surface area contributed by atoms with Crippen LogP contribution in [0.25, 0.3) is 0 Å². The second-order valence-corrected chi connectivity index (χ2v) is 8.12. The maximum Gasteiger partial charge on any atom is 0.343 e. The van der Waals surface area contributed by atoms with Gasteiger partial charge in [0.25, 0.3) is 5.91 Å². The summed E-state index contributed by atoms with van der Waals surface area (Å²) < 4.78 is 21.5. The Balaban J connectivity index is 1.46. The largest absolute Gasteiger partial charge is 0.493 e. The van der Waals surface area contributed by atoms with Gasteiger partial charge in [0, 0.05) is 18.5 Å². The molecule has 0 saturated carbocycles. The van der Waals surface area contributed by atoms with Crippen LogP contribution in [0.5, 0.6) is 23.0 Å². The summed E-state index contributed by atoms with van der Waals surface area (Å²) in [6, 6.07) is 18.5. The van der Waals surface area contributed by atoms with E-state index in [0.717, 1.165) is 0 Å². The second-order valence-electron chi connectivity index (χ2n) is 8.12. The quantitative estimate of drug-likeness (QED) is 0.112. The van der Waals surface area contributed by atoms with Gasteiger partial charge < -0.3 is 24.3 Å². The van der Waals surface area contributed by atoms with Crippen LogP contribution in [0.3, 0.4) is 0 Å². The van der Waals surface area contributed by atoms with Gasteiger partial charge in [-0.1, -0.05) is 18.2 Å². The third-order valence-corrected chi connectivity index (χ3v) is 5.39. The highest BCUT2D eigenvalue weighted by molar-refractivity contribution is 5.95. The molecule has 39 heavy (non-hydrogen) atoms. The molecule has 0 fully saturated rings. The molecule has 0 radical (unpaired) electrons. The summed E-state index contributed by atoms with van der Waals surface area (Å²) in [5.41, 5.74) is 3.95. The summed E-state index contributed by atoms with van der Waals surface area (Å²) in [5.74, 6) is 0.568. The van der Waals surface area contributed by atoms with E-state index < -0.39 is 5.97 Å². The van der Waals surface area contributed by atoms with Crippen LogP contribution in [0, 0.1) is 0 Å². The van der Waals surface area contributed by atoms with E-state index in [1.54, 1.807) is 60.7 Å². The maximum atomic E-state index is 12.4. The van der Waals surface area contributed by atoms with Gasteiger partial charge in [0.15, 0.2) is 23.0 Å². The number of carbonyl (C=O) groups excluding carboxylic acids is 3. The number of esters is 1. The van der Waals surface area contributed by atoms with Gasteiger partial charge in [-0.05, 0) is 67.4 Å². The zero-order chi connectivity index (χ0) is 28.0. The fraction of sp³-hybridized carbons (Fsp3) is 0.241. The maximum absolute atomic E-state index is 12.4. The molecule has 0 saturated heterocycles. The van der Waals surface area contributed by atoms with E-state index in [9.17, 15) is 14.4 Å². The number of hydrazone groups is 1. The van der Waals surface area contributed by atoms with Crippen LogP contribution >= 0.6 is 0 Å². The van der Waals surface area contributed by atoms with Gasteiger partial charge in [-0.2, -0.15) is 5.10 Å². The molecule has 204 valence electrons. The third-order valence-electron chi connectivity index (χ3n) is 5.39. The highest BCUT2D eigenvalue weighted by atomic mass is 16.6. The number of nitrogens with zero attached hydrogens (tertiary/aromatic N) is 1. The minimum absolute atomic E-state index is 0.169. The van der Waals surface area contributed by atoms with E-state index in [0.29, 0.717) is 53.5 Å². The van der Waals surface area contributed by atoms with Gasteiger partial charge in [-0.15, -0.1) is 0 Å². The number of carbonyl (C=O) groups is 3. The fourth-order valence-corrected chi connectivity index (χ4v) is 3.46. The predicted molar refractivity (Wildman–Crippen MR) is 146 cm³/mol. The molecule has 0 heterocycles. The predicted octanol–water partition coefficient (Wildman–Crippen LogP) is 3.98. The van der Waals surface area contributed by atoms with E-state index in [4.69, 9.17) is 18.9 Å². The van der Waals surface area contributed by atoms with Crippen molar-refractivity contribution in [1.29, 1.82) is 0 Å². The first-order chi connectivity index (χ1) is 18.9. The van der Waals surface area contributed by atoms with Gasteiger partial charge in [0.05, 0.1) is 32.6 Å². The summed E-state index contributed by atoms with van der Waals surface area (Å²) in [6.45, 7) is 2.50. The van der Waals surface area contributed by atoms with Crippen LogP contribution in [0.4, 0.5) is 0 Å². The minimum Gasteiger partial charge on any atom is -0.493 e. The van der Waals surface area contributed by atoms with E-state index in [2.05, 4.69) is 15.8 Å². The molecule has 2 N–H and O–H groups in total. The standard InChI is InChI=1S/C29H31N3O7/c1-4-38-26-17-20(12-14-24(26)39-29(35)21-9-6-5-7-10-21)19-31-32-27(33)11-8-16-30-28(34)22-13-15-23(36-2)25(18-22)37-3/h5-7,9-10,12-15,17-19H,4,8,11,16H2,1-3H3,(H,30,34)(H,32,33). The Hall–Kier alpha value is -4.86. The Morgan fingerprint density at radius 2 is 1.59 bits per heavy atom. The fourth-order valence-electron chi connectivity index (χ4n) is 3.46. The normalized spacial score (nSPS) is 10.5. The van der Waals surface area contributed by atoms with Crippen molar-refractivity contribution in [3.63, 3.8) is 0 Å². The van der Waals surface area contributed by atoms with Crippen molar-refractivity contribution in [3.8, 4) is 23.0 Å². The lowest BCUT2D eigenvalue weighted by Crippen LogP contribution is -2.26. The molecule has 2 amide bonds. The molecule has 3 aromatic carbocycles. The number of ether oxygens (including phenoxy) is 4. The lowest BCUT2D eigenvalue weighted by atomic mass is 10.2. The third kappa shape index (κ3) is 8.60. The summed E-state index contributed by atoms with van der Waals surface area (Å²) in [5, 5.41) is 6.75. The highest BCUT2D eigenvalue weighted by Gasteiger charge is 2.13. The second kappa shape index (κ2) is 14.8. The van der Waals surface area contributed by atoms with Crippen molar-refractivity contribution in [2.24, 2.45) is 5.10 Å². The zero-order valence-corrected chi connectivity index (χ0v) is 22.1. The molecule has 3 aromatic rings. The smallest absolute Gasteiger partial charge is 0.343 e. The topological polar surface area (TPSA) is 125 Å². The molecule has 10 nitrogen and oxygen atoms in total. The molecule has 0 unspecified atom stereocenters. The monoisotopic (exact) mass is 533 g/mol. The molecule has 10 heteroatoms. The van der Waals surface area contributed by atoms with Crippen molar-refractivity contribution in [3.05, 3.63) is 83.4 Å². The molecule has 3 rings (SSSR count). The SMILES string of the molecule is CCOc1cc(C=NNC(=O)CCCNC(=O)c2ccc(OC)c(OC)c2)ccc1OC(=O)c1ccccc1. The summed E-state index contributed by atoms with van der Waals surface area (Å²) in [6.07, 6.45) is 2.06. The van der Waals surface area contributed by atoms with E-state index in [1.807, 2.05) is 13.0 Å². The Morgan fingerprint density at radius 1 is 0.846 bits per heavy atom. The number of hydrogen-bond acceptors (Lipinski definition) is 8. The van der Waals surface area contributed by atoms with Gasteiger partial charge in [-0.25, -0.2) is 10.2 Å². The van der Waals surface area contributed by atoms with Crippen molar-refractivity contribution >= 4 is 24.0 Å². The first-order valence-corrected chi connectivity index (χ1v) is 12.3. The Morgan fingerprint density at radius 3 is 2.31 bits per heavy atom. The Bertz CT molecular complexity index is 1310. The van der Waals surface area contributed by atoms with Gasteiger partial charge in [-0.3, -0.25) is 9.59 Å². The van der Waals surface area contributed by atoms with E-state index >= 15 is 0 Å². The van der Waals surface area contributed by atoms with Gasteiger partial charge in [0.2, 0.25) is 5.91 Å². The average Bonchev–Trinajstić information content (AvgIpc) is 2.96. The minimum atomic E-state index is -0.495. The number of nitrogens with one attached hydrogen (secondary N) is 2. The molecule has 0 bridgehead atoms. The first kappa shape index (κ1) is 28.7. The Kier molecular flexibility index (Phi) is 10.9. The van der Waals surface area contributed by atoms with Crippen LogP contribution in [-0.4, -0.2) is 51.4 Å². The lowest BCUT2D eigenvalue weighted by molar-refractivity contribution is -0.121.